The molecule has 0 spiro atoms. The molecule has 0 radical (unpaired) electrons. The molecular formula is C15H19N7O3. The Bertz CT molecular complexity index is 869. The van der Waals surface area contributed by atoms with Crippen LogP contribution >= 0.6 is 0 Å². The van der Waals surface area contributed by atoms with Crippen LogP contribution in [0.3, 0.4) is 0 Å². The van der Waals surface area contributed by atoms with Gasteiger partial charge >= 0.3 is 0 Å². The van der Waals surface area contributed by atoms with E-state index in [1.807, 2.05) is 11.9 Å². The van der Waals surface area contributed by atoms with Crippen LogP contribution in [0, 0.1) is 0 Å². The minimum atomic E-state index is -0.489. The highest BCUT2D eigenvalue weighted by atomic mass is 16.5. The number of nitrogens with zero attached hydrogens (tertiary/aromatic N) is 7. The Labute approximate surface area is 143 Å². The number of aromatic nitrogens is 6. The van der Waals surface area contributed by atoms with Crippen LogP contribution in [0.15, 0.2) is 17.2 Å². The second-order valence-electron chi connectivity index (χ2n) is 6.22. The molecule has 1 fully saturated rings. The average Bonchev–Trinajstić information content (AvgIpc) is 3.23. The summed E-state index contributed by atoms with van der Waals surface area (Å²) in [7, 11) is 1.86. The smallest absolute Gasteiger partial charge is 0.229 e. The molecule has 1 saturated carbocycles. The molecule has 0 unspecified atom stereocenters. The summed E-state index contributed by atoms with van der Waals surface area (Å²) >= 11 is 0. The number of hydrogen-bond acceptors (Lipinski definition) is 9. The quantitative estimate of drug-likeness (QED) is 0.619. The fourth-order valence-electron chi connectivity index (χ4n) is 2.73. The minimum absolute atomic E-state index is 0.204. The molecule has 0 aromatic carbocycles. The maximum atomic E-state index is 9.39. The predicted molar refractivity (Wildman–Crippen MR) is 86.9 cm³/mol. The lowest BCUT2D eigenvalue weighted by Crippen LogP contribution is -2.20. The standard InChI is InChI=1S/C15H19N7O3/c1-21(4-11-19-15(25-20-11)9-2-3-9)13-12-14(17-7-16-13)22(8-18-12)10(5-23)6-24/h7-10,23-24H,2-6H2,1H3. The fraction of sp³-hybridized carbons (Fsp3) is 0.533. The molecule has 1 aliphatic rings. The van der Waals surface area contributed by atoms with Crippen molar-refractivity contribution in [2.75, 3.05) is 25.2 Å². The lowest BCUT2D eigenvalue weighted by molar-refractivity contribution is 0.156. The van der Waals surface area contributed by atoms with Gasteiger partial charge in [-0.25, -0.2) is 15.0 Å². The molecular weight excluding hydrogens is 326 g/mol. The van der Waals surface area contributed by atoms with E-state index in [1.165, 1.54) is 6.33 Å². The third-order valence-corrected chi connectivity index (χ3v) is 4.30. The Morgan fingerprint density at radius 1 is 1.28 bits per heavy atom. The van der Waals surface area contributed by atoms with Crippen molar-refractivity contribution in [3.05, 3.63) is 24.4 Å². The number of rotatable bonds is 7. The highest BCUT2D eigenvalue weighted by Crippen LogP contribution is 2.38. The van der Waals surface area contributed by atoms with Crippen LogP contribution in [-0.2, 0) is 6.54 Å². The van der Waals surface area contributed by atoms with Crippen molar-refractivity contribution in [3.63, 3.8) is 0 Å². The Hall–Kier alpha value is -2.59. The summed E-state index contributed by atoms with van der Waals surface area (Å²) in [5.41, 5.74) is 1.14. The van der Waals surface area contributed by atoms with E-state index in [0.29, 0.717) is 41.2 Å². The van der Waals surface area contributed by atoms with Gasteiger partial charge in [0.25, 0.3) is 0 Å². The van der Waals surface area contributed by atoms with Gasteiger partial charge < -0.3 is 24.2 Å². The van der Waals surface area contributed by atoms with Crippen molar-refractivity contribution in [2.24, 2.45) is 0 Å². The monoisotopic (exact) mass is 345 g/mol. The molecule has 2 N–H and O–H groups in total. The van der Waals surface area contributed by atoms with Crippen LogP contribution in [0.25, 0.3) is 11.2 Å². The zero-order valence-electron chi connectivity index (χ0n) is 13.8. The third-order valence-electron chi connectivity index (χ3n) is 4.30. The van der Waals surface area contributed by atoms with Gasteiger partial charge in [0.1, 0.15) is 6.33 Å². The van der Waals surface area contributed by atoms with E-state index in [0.717, 1.165) is 12.8 Å². The summed E-state index contributed by atoms with van der Waals surface area (Å²) in [6.45, 7) is 0.0203. The maximum Gasteiger partial charge on any atom is 0.229 e. The first-order valence-electron chi connectivity index (χ1n) is 8.14. The van der Waals surface area contributed by atoms with Crippen LogP contribution in [0.1, 0.15) is 36.5 Å². The van der Waals surface area contributed by atoms with Gasteiger partial charge in [0.05, 0.1) is 32.1 Å². The van der Waals surface area contributed by atoms with Gasteiger partial charge in [-0.05, 0) is 12.8 Å². The highest BCUT2D eigenvalue weighted by molar-refractivity contribution is 5.83. The molecule has 3 heterocycles. The second kappa shape index (κ2) is 6.37. The second-order valence-corrected chi connectivity index (χ2v) is 6.22. The lowest BCUT2D eigenvalue weighted by Gasteiger charge is -2.17. The summed E-state index contributed by atoms with van der Waals surface area (Å²) in [5.74, 6) is 2.34. The van der Waals surface area contributed by atoms with Crippen molar-refractivity contribution in [2.45, 2.75) is 31.3 Å². The predicted octanol–water partition coefficient (Wildman–Crippen LogP) is 0.249. The van der Waals surface area contributed by atoms with E-state index in [1.54, 1.807) is 10.9 Å². The van der Waals surface area contributed by atoms with Crippen molar-refractivity contribution < 1.29 is 14.7 Å². The maximum absolute atomic E-state index is 9.39. The van der Waals surface area contributed by atoms with Crippen LogP contribution in [0.5, 0.6) is 0 Å². The van der Waals surface area contributed by atoms with E-state index in [-0.39, 0.29) is 13.2 Å². The van der Waals surface area contributed by atoms with E-state index in [4.69, 9.17) is 4.52 Å². The van der Waals surface area contributed by atoms with Crippen LogP contribution in [0.4, 0.5) is 5.82 Å². The molecule has 1 aliphatic carbocycles. The summed E-state index contributed by atoms with van der Waals surface area (Å²) < 4.78 is 6.93. The van der Waals surface area contributed by atoms with E-state index >= 15 is 0 Å². The van der Waals surface area contributed by atoms with Gasteiger partial charge in [-0.2, -0.15) is 4.98 Å². The summed E-state index contributed by atoms with van der Waals surface area (Å²) in [4.78, 5) is 19.2. The number of imidazole rings is 1. The Kier molecular flexibility index (Phi) is 4.06. The Morgan fingerprint density at radius 3 is 2.80 bits per heavy atom. The van der Waals surface area contributed by atoms with Crippen LogP contribution < -0.4 is 4.90 Å². The van der Waals surface area contributed by atoms with Crippen molar-refractivity contribution in [3.8, 4) is 0 Å². The fourth-order valence-corrected chi connectivity index (χ4v) is 2.73. The van der Waals surface area contributed by atoms with Crippen LogP contribution in [-0.4, -0.2) is 60.1 Å². The van der Waals surface area contributed by atoms with Crippen molar-refractivity contribution >= 4 is 17.0 Å². The largest absolute Gasteiger partial charge is 0.394 e. The first-order valence-corrected chi connectivity index (χ1v) is 8.14. The number of fused-ring (bicyclic) bond motifs is 1. The molecule has 0 amide bonds. The Balaban J connectivity index is 1.61. The van der Waals surface area contributed by atoms with Gasteiger partial charge in [-0.1, -0.05) is 5.16 Å². The molecule has 4 rings (SSSR count). The zero-order valence-corrected chi connectivity index (χ0v) is 13.8. The van der Waals surface area contributed by atoms with Crippen molar-refractivity contribution in [1.29, 1.82) is 0 Å². The molecule has 132 valence electrons. The van der Waals surface area contributed by atoms with E-state index in [2.05, 4.69) is 25.1 Å². The van der Waals surface area contributed by atoms with Gasteiger partial charge in [-0.15, -0.1) is 0 Å². The SMILES string of the molecule is CN(Cc1noc(C2CC2)n1)c1ncnc2c1ncn2C(CO)CO. The number of anilines is 1. The highest BCUT2D eigenvalue weighted by Gasteiger charge is 2.29. The average molecular weight is 345 g/mol. The van der Waals surface area contributed by atoms with E-state index in [9.17, 15) is 10.2 Å². The van der Waals surface area contributed by atoms with Gasteiger partial charge in [0.15, 0.2) is 22.8 Å². The summed E-state index contributed by atoms with van der Waals surface area (Å²) in [6, 6.07) is -0.489. The van der Waals surface area contributed by atoms with Crippen molar-refractivity contribution in [1.82, 2.24) is 29.7 Å². The summed E-state index contributed by atoms with van der Waals surface area (Å²) in [6.07, 6.45) is 5.20. The third kappa shape index (κ3) is 2.94. The summed E-state index contributed by atoms with van der Waals surface area (Å²) in [5, 5.41) is 22.8. The molecule has 0 bridgehead atoms. The zero-order chi connectivity index (χ0) is 17.4. The molecule has 3 aromatic rings. The minimum Gasteiger partial charge on any atom is -0.394 e. The molecule has 10 nitrogen and oxygen atoms in total. The molecule has 0 aliphatic heterocycles. The molecule has 0 saturated heterocycles. The molecule has 10 heteroatoms. The molecule has 0 atom stereocenters. The number of hydrogen-bond donors (Lipinski definition) is 2. The Morgan fingerprint density at radius 2 is 2.08 bits per heavy atom. The van der Waals surface area contributed by atoms with Crippen LogP contribution in [0.2, 0.25) is 0 Å². The van der Waals surface area contributed by atoms with Gasteiger partial charge in [0, 0.05) is 13.0 Å². The first-order chi connectivity index (χ1) is 12.2. The van der Waals surface area contributed by atoms with E-state index < -0.39 is 6.04 Å². The molecule has 3 aromatic heterocycles. The number of aliphatic hydroxyl groups is 2. The topological polar surface area (TPSA) is 126 Å². The van der Waals surface area contributed by atoms with Gasteiger partial charge in [0.2, 0.25) is 5.89 Å². The lowest BCUT2D eigenvalue weighted by atomic mass is 10.3. The normalized spacial score (nSPS) is 14.6. The van der Waals surface area contributed by atoms with Gasteiger partial charge in [-0.3, -0.25) is 0 Å². The number of aliphatic hydroxyl groups excluding tert-OH is 2. The first kappa shape index (κ1) is 15.9. The molecule has 25 heavy (non-hydrogen) atoms.